The van der Waals surface area contributed by atoms with Crippen LogP contribution >= 0.6 is 0 Å². The molecule has 1 atom stereocenters. The minimum atomic E-state index is 0.369. The van der Waals surface area contributed by atoms with E-state index in [1.165, 1.54) is 0 Å². The molecule has 2 heterocycles. The van der Waals surface area contributed by atoms with Crippen LogP contribution in [-0.4, -0.2) is 47.4 Å². The minimum Gasteiger partial charge on any atom is -0.337 e. The first-order valence-corrected chi connectivity index (χ1v) is 5.22. The highest BCUT2D eigenvalue weighted by Crippen LogP contribution is 2.23. The van der Waals surface area contributed by atoms with Crippen molar-refractivity contribution in [2.45, 2.75) is 38.8 Å². The van der Waals surface area contributed by atoms with Crippen LogP contribution < -0.4 is 0 Å². The average molecular weight is 182 g/mol. The summed E-state index contributed by atoms with van der Waals surface area (Å²) in [5, 5.41) is 0. The van der Waals surface area contributed by atoms with Gasteiger partial charge in [-0.2, -0.15) is 0 Å². The van der Waals surface area contributed by atoms with Gasteiger partial charge >= 0.3 is 0 Å². The van der Waals surface area contributed by atoms with Gasteiger partial charge in [0.25, 0.3) is 0 Å². The monoisotopic (exact) mass is 182 g/mol. The highest BCUT2D eigenvalue weighted by Gasteiger charge is 2.35. The zero-order chi connectivity index (χ0) is 9.42. The van der Waals surface area contributed by atoms with Crippen LogP contribution in [0.4, 0.5) is 0 Å². The first-order valence-electron chi connectivity index (χ1n) is 5.22. The molecule has 3 nitrogen and oxygen atoms in total. The summed E-state index contributed by atoms with van der Waals surface area (Å²) in [6.07, 6.45) is 1.85. The van der Waals surface area contributed by atoms with Gasteiger partial charge in [0.1, 0.15) is 0 Å². The molecule has 0 bridgehead atoms. The Labute approximate surface area is 79.7 Å². The van der Waals surface area contributed by atoms with E-state index in [0.29, 0.717) is 18.0 Å². The molecule has 2 saturated heterocycles. The Bertz CT molecular complexity index is 215. The molecular formula is C10H18N2O. The van der Waals surface area contributed by atoms with E-state index >= 15 is 0 Å². The Morgan fingerprint density at radius 2 is 2.15 bits per heavy atom. The third-order valence-electron chi connectivity index (χ3n) is 3.26. The zero-order valence-electron chi connectivity index (χ0n) is 8.49. The predicted octanol–water partition coefficient (Wildman–Crippen LogP) is 0.701. The van der Waals surface area contributed by atoms with Gasteiger partial charge in [0.15, 0.2) is 0 Å². The largest absolute Gasteiger partial charge is 0.337 e. The lowest BCUT2D eigenvalue weighted by Crippen LogP contribution is -2.53. The number of fused-ring (bicyclic) bond motifs is 1. The second-order valence-corrected chi connectivity index (χ2v) is 4.37. The highest BCUT2D eigenvalue weighted by atomic mass is 16.2. The van der Waals surface area contributed by atoms with Crippen LogP contribution in [0.25, 0.3) is 0 Å². The van der Waals surface area contributed by atoms with Gasteiger partial charge in [0, 0.05) is 38.1 Å². The van der Waals surface area contributed by atoms with E-state index in [1.54, 1.807) is 0 Å². The van der Waals surface area contributed by atoms with Crippen LogP contribution in [0.2, 0.25) is 0 Å². The number of hydrogen-bond donors (Lipinski definition) is 0. The first kappa shape index (κ1) is 9.00. The van der Waals surface area contributed by atoms with Crippen molar-refractivity contribution in [3.63, 3.8) is 0 Å². The molecule has 2 rings (SSSR count). The fourth-order valence-electron chi connectivity index (χ4n) is 2.36. The molecule has 0 saturated carbocycles. The molecule has 0 aromatic heterocycles. The number of nitrogens with zero attached hydrogens (tertiary/aromatic N) is 2. The number of piperazine rings is 1. The Balaban J connectivity index is 1.99. The second kappa shape index (κ2) is 3.29. The summed E-state index contributed by atoms with van der Waals surface area (Å²) >= 11 is 0. The molecule has 74 valence electrons. The zero-order valence-corrected chi connectivity index (χ0v) is 8.49. The summed E-state index contributed by atoms with van der Waals surface area (Å²) in [6, 6.07) is 1.14. The quantitative estimate of drug-likeness (QED) is 0.596. The molecule has 2 aliphatic rings. The van der Waals surface area contributed by atoms with Crippen molar-refractivity contribution >= 4 is 5.91 Å². The van der Waals surface area contributed by atoms with Gasteiger partial charge < -0.3 is 4.90 Å². The predicted molar refractivity (Wildman–Crippen MR) is 51.4 cm³/mol. The van der Waals surface area contributed by atoms with E-state index in [0.717, 1.165) is 32.5 Å². The molecule has 2 fully saturated rings. The maximum absolute atomic E-state index is 11.4. The normalized spacial score (nSPS) is 29.9. The van der Waals surface area contributed by atoms with E-state index < -0.39 is 0 Å². The van der Waals surface area contributed by atoms with E-state index in [-0.39, 0.29) is 0 Å². The second-order valence-electron chi connectivity index (χ2n) is 4.37. The fraction of sp³-hybridized carbons (Fsp3) is 0.900. The molecule has 3 heteroatoms. The molecule has 0 N–H and O–H groups in total. The van der Waals surface area contributed by atoms with Crippen LogP contribution in [0, 0.1) is 0 Å². The van der Waals surface area contributed by atoms with Gasteiger partial charge in [0.05, 0.1) is 0 Å². The molecule has 0 aliphatic carbocycles. The van der Waals surface area contributed by atoms with Gasteiger partial charge in [0.2, 0.25) is 5.91 Å². The average Bonchev–Trinajstić information content (AvgIpc) is 2.47. The van der Waals surface area contributed by atoms with Crippen molar-refractivity contribution in [2.75, 3.05) is 19.6 Å². The minimum absolute atomic E-state index is 0.369. The SMILES string of the molecule is CC(C)N1CCN2C(=O)CC[C@@H]2C1. The standard InChI is InChI=1S/C10H18N2O/c1-8(2)11-5-6-12-9(7-11)3-4-10(12)13/h8-9H,3-7H2,1-2H3/t9-/m1/s1. The topological polar surface area (TPSA) is 23.6 Å². The number of amides is 1. The molecule has 0 aromatic rings. The molecule has 0 aromatic carbocycles. The van der Waals surface area contributed by atoms with Crippen LogP contribution in [0.15, 0.2) is 0 Å². The van der Waals surface area contributed by atoms with Crippen molar-refractivity contribution in [1.82, 2.24) is 9.80 Å². The lowest BCUT2D eigenvalue weighted by molar-refractivity contribution is -0.130. The third kappa shape index (κ3) is 1.57. The van der Waals surface area contributed by atoms with Gasteiger partial charge in [-0.1, -0.05) is 0 Å². The molecular weight excluding hydrogens is 164 g/mol. The number of carbonyl (C=O) groups excluding carboxylic acids is 1. The highest BCUT2D eigenvalue weighted by molar-refractivity contribution is 5.78. The lowest BCUT2D eigenvalue weighted by Gasteiger charge is -2.39. The summed E-state index contributed by atoms with van der Waals surface area (Å²) in [4.78, 5) is 15.9. The summed E-state index contributed by atoms with van der Waals surface area (Å²) in [6.45, 7) is 7.55. The van der Waals surface area contributed by atoms with Crippen molar-refractivity contribution in [2.24, 2.45) is 0 Å². The summed E-state index contributed by atoms with van der Waals surface area (Å²) < 4.78 is 0. The first-order chi connectivity index (χ1) is 6.18. The van der Waals surface area contributed by atoms with E-state index in [4.69, 9.17) is 0 Å². The number of carbonyl (C=O) groups is 1. The smallest absolute Gasteiger partial charge is 0.222 e. The maximum Gasteiger partial charge on any atom is 0.222 e. The Morgan fingerprint density at radius 1 is 1.38 bits per heavy atom. The molecule has 13 heavy (non-hydrogen) atoms. The van der Waals surface area contributed by atoms with Crippen molar-refractivity contribution in [3.05, 3.63) is 0 Å². The van der Waals surface area contributed by atoms with Crippen LogP contribution in [0.5, 0.6) is 0 Å². The maximum atomic E-state index is 11.4. The van der Waals surface area contributed by atoms with E-state index in [9.17, 15) is 4.79 Å². The third-order valence-corrected chi connectivity index (χ3v) is 3.26. The van der Waals surface area contributed by atoms with Gasteiger partial charge in [-0.3, -0.25) is 9.69 Å². The van der Waals surface area contributed by atoms with Gasteiger partial charge in [-0.15, -0.1) is 0 Å². The Morgan fingerprint density at radius 3 is 2.85 bits per heavy atom. The Kier molecular flexibility index (Phi) is 2.28. The van der Waals surface area contributed by atoms with Gasteiger partial charge in [-0.05, 0) is 20.3 Å². The summed E-state index contributed by atoms with van der Waals surface area (Å²) in [7, 11) is 0. The summed E-state index contributed by atoms with van der Waals surface area (Å²) in [5.74, 6) is 0.369. The Hall–Kier alpha value is -0.570. The number of hydrogen-bond acceptors (Lipinski definition) is 2. The van der Waals surface area contributed by atoms with Crippen molar-refractivity contribution < 1.29 is 4.79 Å². The molecule has 0 unspecified atom stereocenters. The molecule has 0 spiro atoms. The van der Waals surface area contributed by atoms with E-state index in [1.807, 2.05) is 0 Å². The fourth-order valence-corrected chi connectivity index (χ4v) is 2.36. The van der Waals surface area contributed by atoms with Crippen molar-refractivity contribution in [1.29, 1.82) is 0 Å². The van der Waals surface area contributed by atoms with Gasteiger partial charge in [-0.25, -0.2) is 0 Å². The molecule has 0 radical (unpaired) electrons. The molecule has 2 aliphatic heterocycles. The van der Waals surface area contributed by atoms with Crippen LogP contribution in [-0.2, 0) is 4.79 Å². The summed E-state index contributed by atoms with van der Waals surface area (Å²) in [5.41, 5.74) is 0. The van der Waals surface area contributed by atoms with Crippen LogP contribution in [0.3, 0.4) is 0 Å². The number of rotatable bonds is 1. The van der Waals surface area contributed by atoms with E-state index in [2.05, 4.69) is 23.6 Å². The van der Waals surface area contributed by atoms with Crippen LogP contribution in [0.1, 0.15) is 26.7 Å². The lowest BCUT2D eigenvalue weighted by atomic mass is 10.1. The van der Waals surface area contributed by atoms with Crippen molar-refractivity contribution in [3.8, 4) is 0 Å². The molecule has 1 amide bonds.